The molecule has 0 aromatic carbocycles. The Hall–Kier alpha value is -1.18. The molecule has 1 atom stereocenters. The molecule has 0 radical (unpaired) electrons. The number of pyridine rings is 1. The lowest BCUT2D eigenvalue weighted by Gasteiger charge is -2.11. The van der Waals surface area contributed by atoms with E-state index < -0.39 is 16.1 Å². The first-order valence-corrected chi connectivity index (χ1v) is 6.83. The monoisotopic (exact) mass is 259 g/mol. The van der Waals surface area contributed by atoms with Gasteiger partial charge in [0, 0.05) is 12.7 Å². The third-order valence-corrected chi connectivity index (χ3v) is 3.61. The average molecular weight is 259 g/mol. The number of rotatable bonds is 6. The Balaban J connectivity index is 2.66. The van der Waals surface area contributed by atoms with E-state index in [0.29, 0.717) is 6.42 Å². The predicted molar refractivity (Wildman–Crippen MR) is 64.8 cm³/mol. The van der Waals surface area contributed by atoms with E-state index in [1.807, 2.05) is 6.92 Å². The normalized spacial score (nSPS) is 13.5. The summed E-state index contributed by atoms with van der Waals surface area (Å²) in [6.07, 6.45) is 1.87. The van der Waals surface area contributed by atoms with Crippen molar-refractivity contribution in [3.8, 4) is 0 Å². The lowest BCUT2D eigenvalue weighted by atomic mass is 10.2. The molecule has 0 saturated heterocycles. The summed E-state index contributed by atoms with van der Waals surface area (Å²) in [7, 11) is -3.62. The fourth-order valence-electron chi connectivity index (χ4n) is 1.28. The Kier molecular flexibility index (Phi) is 4.86. The first-order chi connectivity index (χ1) is 7.95. The molecule has 0 aliphatic heterocycles. The first-order valence-electron chi connectivity index (χ1n) is 5.35. The van der Waals surface area contributed by atoms with Gasteiger partial charge < -0.3 is 10.8 Å². The zero-order valence-electron chi connectivity index (χ0n) is 9.63. The van der Waals surface area contributed by atoms with Crippen molar-refractivity contribution in [2.75, 3.05) is 12.3 Å². The van der Waals surface area contributed by atoms with Crippen molar-refractivity contribution in [3.63, 3.8) is 0 Å². The number of nitrogens with one attached hydrogen (secondary N) is 1. The quantitative estimate of drug-likeness (QED) is 0.672. The third-order valence-electron chi connectivity index (χ3n) is 2.20. The van der Waals surface area contributed by atoms with Gasteiger partial charge in [-0.15, -0.1) is 0 Å². The highest BCUT2D eigenvalue weighted by molar-refractivity contribution is 7.89. The number of hydrogen-bond acceptors (Lipinski definition) is 5. The Morgan fingerprint density at radius 1 is 1.53 bits per heavy atom. The highest BCUT2D eigenvalue weighted by atomic mass is 32.2. The lowest BCUT2D eigenvalue weighted by molar-refractivity contribution is 0.167. The minimum Gasteiger partial charge on any atom is -0.392 e. The van der Waals surface area contributed by atoms with Crippen molar-refractivity contribution >= 4 is 15.8 Å². The first kappa shape index (κ1) is 13.9. The second kappa shape index (κ2) is 5.95. The topological polar surface area (TPSA) is 105 Å². The summed E-state index contributed by atoms with van der Waals surface area (Å²) in [6, 6.07) is 2.79. The number of nitrogen functional groups attached to an aromatic ring is 1. The van der Waals surface area contributed by atoms with Gasteiger partial charge >= 0.3 is 0 Å². The van der Waals surface area contributed by atoms with Crippen molar-refractivity contribution in [1.82, 2.24) is 9.71 Å². The van der Waals surface area contributed by atoms with Gasteiger partial charge in [-0.2, -0.15) is 0 Å². The summed E-state index contributed by atoms with van der Waals surface area (Å²) < 4.78 is 25.8. The highest BCUT2D eigenvalue weighted by Gasteiger charge is 2.15. The molecule has 7 heteroatoms. The smallest absolute Gasteiger partial charge is 0.242 e. The van der Waals surface area contributed by atoms with Crippen LogP contribution in [0, 0.1) is 0 Å². The van der Waals surface area contributed by atoms with Crippen LogP contribution < -0.4 is 10.5 Å². The van der Waals surface area contributed by atoms with Crippen molar-refractivity contribution in [2.24, 2.45) is 0 Å². The van der Waals surface area contributed by atoms with Crippen LogP contribution in [-0.2, 0) is 10.0 Å². The van der Waals surface area contributed by atoms with Gasteiger partial charge in [0.25, 0.3) is 0 Å². The number of aliphatic hydroxyl groups excluding tert-OH is 1. The van der Waals surface area contributed by atoms with Gasteiger partial charge in [-0.05, 0) is 18.6 Å². The number of aromatic nitrogens is 1. The molecular formula is C10H17N3O3S. The fourth-order valence-corrected chi connectivity index (χ4v) is 2.29. The molecule has 17 heavy (non-hydrogen) atoms. The average Bonchev–Trinajstić information content (AvgIpc) is 2.28. The van der Waals surface area contributed by atoms with Crippen LogP contribution in [0.3, 0.4) is 0 Å². The van der Waals surface area contributed by atoms with E-state index in [4.69, 9.17) is 5.73 Å². The number of anilines is 1. The maximum absolute atomic E-state index is 11.7. The van der Waals surface area contributed by atoms with E-state index in [0.717, 1.165) is 6.42 Å². The van der Waals surface area contributed by atoms with Crippen LogP contribution in [0.4, 0.5) is 5.82 Å². The Morgan fingerprint density at radius 3 is 2.76 bits per heavy atom. The van der Waals surface area contributed by atoms with Crippen LogP contribution >= 0.6 is 0 Å². The molecule has 96 valence electrons. The Labute approximate surface area is 101 Å². The molecule has 0 bridgehead atoms. The minimum atomic E-state index is -3.62. The lowest BCUT2D eigenvalue weighted by Crippen LogP contribution is -2.32. The van der Waals surface area contributed by atoms with Crippen molar-refractivity contribution < 1.29 is 13.5 Å². The molecule has 1 rings (SSSR count). The van der Waals surface area contributed by atoms with Gasteiger partial charge in [-0.3, -0.25) is 0 Å². The summed E-state index contributed by atoms with van der Waals surface area (Å²) in [6.45, 7) is 1.92. The fraction of sp³-hybridized carbons (Fsp3) is 0.500. The van der Waals surface area contributed by atoms with Gasteiger partial charge in [0.15, 0.2) is 0 Å². The van der Waals surface area contributed by atoms with Gasteiger partial charge in [-0.25, -0.2) is 18.1 Å². The summed E-state index contributed by atoms with van der Waals surface area (Å²) in [5.41, 5.74) is 5.37. The summed E-state index contributed by atoms with van der Waals surface area (Å²) in [4.78, 5) is 3.74. The molecule has 6 nitrogen and oxygen atoms in total. The van der Waals surface area contributed by atoms with Gasteiger partial charge in [0.2, 0.25) is 10.0 Å². The van der Waals surface area contributed by atoms with E-state index in [1.54, 1.807) is 0 Å². The zero-order chi connectivity index (χ0) is 12.9. The summed E-state index contributed by atoms with van der Waals surface area (Å²) >= 11 is 0. The van der Waals surface area contributed by atoms with Crippen LogP contribution in [0.2, 0.25) is 0 Å². The molecule has 0 amide bonds. The predicted octanol–water partition coefficient (Wildman–Crippen LogP) is 0.103. The molecule has 0 spiro atoms. The second-order valence-corrected chi connectivity index (χ2v) is 5.48. The number of sulfonamides is 1. The number of hydrogen-bond donors (Lipinski definition) is 3. The van der Waals surface area contributed by atoms with Gasteiger partial charge in [0.1, 0.15) is 10.7 Å². The molecule has 1 unspecified atom stereocenters. The largest absolute Gasteiger partial charge is 0.392 e. The number of nitrogens with two attached hydrogens (primary N) is 1. The van der Waals surface area contributed by atoms with Gasteiger partial charge in [-0.1, -0.05) is 13.3 Å². The zero-order valence-corrected chi connectivity index (χ0v) is 10.4. The second-order valence-electron chi connectivity index (χ2n) is 3.71. The van der Waals surface area contributed by atoms with Crippen LogP contribution in [0.5, 0.6) is 0 Å². The van der Waals surface area contributed by atoms with Crippen LogP contribution in [0.15, 0.2) is 23.2 Å². The van der Waals surface area contributed by atoms with E-state index in [-0.39, 0.29) is 17.3 Å². The molecule has 0 fully saturated rings. The third kappa shape index (κ3) is 4.29. The standard InChI is InChI=1S/C10H17N3O3S/c1-2-3-8(14)6-13-17(15,16)9-4-5-10(11)12-7-9/h4-5,7-8,13-14H,2-3,6H2,1H3,(H2,11,12). The van der Waals surface area contributed by atoms with E-state index in [9.17, 15) is 13.5 Å². The Bertz CT molecular complexity index is 444. The maximum Gasteiger partial charge on any atom is 0.242 e. The van der Waals surface area contributed by atoms with Crippen molar-refractivity contribution in [1.29, 1.82) is 0 Å². The molecular weight excluding hydrogens is 242 g/mol. The Morgan fingerprint density at radius 2 is 2.24 bits per heavy atom. The molecule has 4 N–H and O–H groups in total. The van der Waals surface area contributed by atoms with Crippen LogP contribution in [0.1, 0.15) is 19.8 Å². The van der Waals surface area contributed by atoms with Crippen LogP contribution in [0.25, 0.3) is 0 Å². The molecule has 1 heterocycles. The van der Waals surface area contributed by atoms with Gasteiger partial charge in [0.05, 0.1) is 6.10 Å². The maximum atomic E-state index is 11.7. The van der Waals surface area contributed by atoms with Crippen LogP contribution in [-0.4, -0.2) is 31.2 Å². The SMILES string of the molecule is CCCC(O)CNS(=O)(=O)c1ccc(N)nc1. The molecule has 0 saturated carbocycles. The summed E-state index contributed by atoms with van der Waals surface area (Å²) in [5, 5.41) is 9.44. The van der Waals surface area contributed by atoms with Crippen molar-refractivity contribution in [2.45, 2.75) is 30.8 Å². The van der Waals surface area contributed by atoms with E-state index in [1.165, 1.54) is 18.3 Å². The minimum absolute atomic E-state index is 0.000545. The number of nitrogens with zero attached hydrogens (tertiary/aromatic N) is 1. The molecule has 0 aliphatic carbocycles. The molecule has 1 aromatic rings. The summed E-state index contributed by atoms with van der Waals surface area (Å²) in [5.74, 6) is 0.259. The van der Waals surface area contributed by atoms with E-state index in [2.05, 4.69) is 9.71 Å². The van der Waals surface area contributed by atoms with Crippen molar-refractivity contribution in [3.05, 3.63) is 18.3 Å². The molecule has 1 aromatic heterocycles. The molecule has 0 aliphatic rings. The highest BCUT2D eigenvalue weighted by Crippen LogP contribution is 2.08. The number of aliphatic hydroxyl groups is 1. The van der Waals surface area contributed by atoms with E-state index >= 15 is 0 Å².